The van der Waals surface area contributed by atoms with Crippen LogP contribution in [0.1, 0.15) is 103 Å². The van der Waals surface area contributed by atoms with Gasteiger partial charge in [-0.25, -0.2) is 0 Å². The summed E-state index contributed by atoms with van der Waals surface area (Å²) in [7, 11) is 0. The molecule has 23 heavy (non-hydrogen) atoms. The van der Waals surface area contributed by atoms with Crippen LogP contribution in [0.5, 0.6) is 0 Å². The van der Waals surface area contributed by atoms with Crippen molar-refractivity contribution >= 4 is 21.2 Å². The van der Waals surface area contributed by atoms with E-state index in [0.29, 0.717) is 6.04 Å². The number of amides is 2. The molecule has 1 rings (SSSR count). The summed E-state index contributed by atoms with van der Waals surface area (Å²) in [5.41, 5.74) is 0. The van der Waals surface area contributed by atoms with E-state index in [4.69, 9.17) is 0 Å². The number of hydrogen-bond donors (Lipinski definition) is 2. The van der Waals surface area contributed by atoms with Crippen LogP contribution in [0.25, 0.3) is 0 Å². The molecule has 0 unspecified atom stereocenters. The second-order valence-electron chi connectivity index (χ2n) is 6.94. The van der Waals surface area contributed by atoms with Gasteiger partial charge in [0.2, 0.25) is 0 Å². The molecule has 1 aliphatic rings. The zero-order chi connectivity index (χ0) is 16.6. The molecule has 0 aromatic carbocycles. The van der Waals surface area contributed by atoms with E-state index in [1.165, 1.54) is 102 Å². The van der Waals surface area contributed by atoms with Crippen molar-refractivity contribution < 1.29 is 4.79 Å². The Morgan fingerprint density at radius 1 is 0.870 bits per heavy atom. The first-order valence-corrected chi connectivity index (χ1v) is 12.1. The Labute approximate surface area is 150 Å². The van der Waals surface area contributed by atoms with Gasteiger partial charge in [-0.3, -0.25) is 0 Å². The Hall–Kier alpha value is -0.211. The number of nitrogens with one attached hydrogen (secondary N) is 2. The Morgan fingerprint density at radius 3 is 2.04 bits per heavy atom. The fraction of sp³-hybridized carbons (Fsp3) is 0.947. The van der Waals surface area contributed by atoms with Crippen LogP contribution >= 0.6 is 0 Å². The summed E-state index contributed by atoms with van der Waals surface area (Å²) in [4.78, 5) is 11.8. The minimum atomic E-state index is 0.0731. The van der Waals surface area contributed by atoms with Crippen molar-refractivity contribution in [3.63, 3.8) is 0 Å². The molecular weight excluding hydrogens is 351 g/mol. The second kappa shape index (κ2) is 15.3. The van der Waals surface area contributed by atoms with Crippen LogP contribution in [0.4, 0.5) is 4.79 Å². The van der Waals surface area contributed by atoms with E-state index in [0.717, 1.165) is 0 Å². The molecule has 0 atom stereocenters. The molecule has 0 radical (unpaired) electrons. The van der Waals surface area contributed by atoms with Gasteiger partial charge < -0.3 is 0 Å². The first kappa shape index (κ1) is 20.8. The predicted octanol–water partition coefficient (Wildman–Crippen LogP) is 5.58. The van der Waals surface area contributed by atoms with Crippen LogP contribution in [-0.2, 0) is 0 Å². The molecule has 4 heteroatoms. The Balaban J connectivity index is 1.77. The third kappa shape index (κ3) is 12.8. The summed E-state index contributed by atoms with van der Waals surface area (Å²) in [6.07, 6.45) is 20.0. The third-order valence-electron chi connectivity index (χ3n) is 4.71. The van der Waals surface area contributed by atoms with Gasteiger partial charge in [-0.05, 0) is 0 Å². The van der Waals surface area contributed by atoms with Crippen molar-refractivity contribution in [1.82, 2.24) is 9.65 Å². The molecule has 0 aromatic heterocycles. The van der Waals surface area contributed by atoms with Crippen molar-refractivity contribution in [3.8, 4) is 0 Å². The SMILES string of the molecule is CCCCCCCCCCCC[Se]NC(=O)NC1CCCCC1. The molecule has 2 amide bonds. The quantitative estimate of drug-likeness (QED) is 0.313. The maximum atomic E-state index is 11.8. The average molecular weight is 389 g/mol. The van der Waals surface area contributed by atoms with Gasteiger partial charge in [0.05, 0.1) is 0 Å². The molecule has 0 heterocycles. The van der Waals surface area contributed by atoms with Gasteiger partial charge in [0.1, 0.15) is 0 Å². The van der Waals surface area contributed by atoms with Gasteiger partial charge in [-0.1, -0.05) is 0 Å². The van der Waals surface area contributed by atoms with E-state index in [2.05, 4.69) is 16.6 Å². The van der Waals surface area contributed by atoms with Gasteiger partial charge in [0.25, 0.3) is 0 Å². The molecule has 1 fully saturated rings. The molecule has 2 N–H and O–H groups in total. The minimum absolute atomic E-state index is 0.0731. The zero-order valence-corrected chi connectivity index (χ0v) is 16.9. The van der Waals surface area contributed by atoms with Crippen molar-refractivity contribution in [2.24, 2.45) is 0 Å². The molecular formula is C19H38N2OSe. The summed E-state index contributed by atoms with van der Waals surface area (Å²) >= 11 is 0.277. The van der Waals surface area contributed by atoms with Crippen molar-refractivity contribution in [2.75, 3.05) is 0 Å². The topological polar surface area (TPSA) is 41.1 Å². The Morgan fingerprint density at radius 2 is 1.43 bits per heavy atom. The van der Waals surface area contributed by atoms with Crippen LogP contribution in [-0.4, -0.2) is 27.2 Å². The number of unbranched alkanes of at least 4 members (excludes halogenated alkanes) is 9. The van der Waals surface area contributed by atoms with E-state index in [9.17, 15) is 4.79 Å². The monoisotopic (exact) mass is 390 g/mol. The molecule has 0 bridgehead atoms. The van der Waals surface area contributed by atoms with Gasteiger partial charge >= 0.3 is 150 Å². The Bertz CT molecular complexity index is 281. The van der Waals surface area contributed by atoms with Crippen LogP contribution in [0.3, 0.4) is 0 Å². The number of carbonyl (C=O) groups excluding carboxylic acids is 1. The first-order chi connectivity index (χ1) is 11.3. The van der Waals surface area contributed by atoms with E-state index < -0.39 is 0 Å². The Kier molecular flexibility index (Phi) is 13.9. The predicted molar refractivity (Wildman–Crippen MR) is 101 cm³/mol. The summed E-state index contributed by atoms with van der Waals surface area (Å²) in [5, 5.41) is 4.31. The van der Waals surface area contributed by atoms with E-state index in [1.807, 2.05) is 0 Å². The molecule has 0 spiro atoms. The normalized spacial score (nSPS) is 15.5. The molecule has 3 nitrogen and oxygen atoms in total. The zero-order valence-electron chi connectivity index (χ0n) is 15.2. The first-order valence-electron chi connectivity index (χ1n) is 10.0. The molecule has 1 aliphatic carbocycles. The van der Waals surface area contributed by atoms with Crippen LogP contribution < -0.4 is 9.65 Å². The average Bonchev–Trinajstić information content (AvgIpc) is 2.57. The van der Waals surface area contributed by atoms with Crippen LogP contribution in [0.15, 0.2) is 0 Å². The van der Waals surface area contributed by atoms with E-state index >= 15 is 0 Å². The van der Waals surface area contributed by atoms with Gasteiger partial charge in [0.15, 0.2) is 0 Å². The summed E-state index contributed by atoms with van der Waals surface area (Å²) in [6, 6.07) is 0.501. The summed E-state index contributed by atoms with van der Waals surface area (Å²) < 4.78 is 3.07. The number of urea groups is 1. The van der Waals surface area contributed by atoms with Gasteiger partial charge in [0, 0.05) is 0 Å². The maximum absolute atomic E-state index is 11.8. The second-order valence-corrected chi connectivity index (χ2v) is 8.83. The number of carbonyl (C=O) groups is 1. The van der Waals surface area contributed by atoms with Crippen molar-refractivity contribution in [3.05, 3.63) is 0 Å². The third-order valence-corrected chi connectivity index (χ3v) is 6.43. The van der Waals surface area contributed by atoms with Crippen LogP contribution in [0, 0.1) is 0 Å². The standard InChI is InChI=1S/C19H38N2OSe/c1-2-3-4-5-6-7-8-9-10-14-17-23-21-19(22)20-18-15-12-11-13-16-18/h18H,2-17H2,1H3,(H2,20,21,22). The number of rotatable bonds is 13. The van der Waals surface area contributed by atoms with Crippen LogP contribution in [0.2, 0.25) is 5.32 Å². The van der Waals surface area contributed by atoms with Crippen molar-refractivity contribution in [1.29, 1.82) is 0 Å². The van der Waals surface area contributed by atoms with E-state index in [-0.39, 0.29) is 21.2 Å². The number of hydrogen-bond acceptors (Lipinski definition) is 1. The molecule has 136 valence electrons. The van der Waals surface area contributed by atoms with E-state index in [1.54, 1.807) is 0 Å². The molecule has 0 aromatic rings. The van der Waals surface area contributed by atoms with Gasteiger partial charge in [-0.2, -0.15) is 0 Å². The molecule has 0 saturated heterocycles. The van der Waals surface area contributed by atoms with Crippen molar-refractivity contribution in [2.45, 2.75) is 115 Å². The fourth-order valence-corrected chi connectivity index (χ4v) is 4.58. The molecule has 0 aliphatic heterocycles. The summed E-state index contributed by atoms with van der Waals surface area (Å²) in [6.45, 7) is 2.27. The van der Waals surface area contributed by atoms with Gasteiger partial charge in [-0.15, -0.1) is 0 Å². The molecule has 1 saturated carbocycles. The fourth-order valence-electron chi connectivity index (χ4n) is 3.24. The summed E-state index contributed by atoms with van der Waals surface area (Å²) in [5.74, 6) is 0.